The molecule has 0 fully saturated rings. The number of carbonyl (C=O) groups is 1. The van der Waals surface area contributed by atoms with Gasteiger partial charge in [-0.3, -0.25) is 4.79 Å². The molecule has 0 radical (unpaired) electrons. The molecule has 1 aromatic carbocycles. The Labute approximate surface area is 122 Å². The number of rotatable bonds is 1. The molecule has 0 amide bonds. The highest BCUT2D eigenvalue weighted by Crippen LogP contribution is 2.45. The maximum atomic E-state index is 12.0. The van der Waals surface area contributed by atoms with E-state index in [2.05, 4.69) is 5.32 Å². The van der Waals surface area contributed by atoms with Crippen molar-refractivity contribution in [2.75, 3.05) is 5.32 Å². The molecule has 1 N–H and O–H groups in total. The van der Waals surface area contributed by atoms with Crippen molar-refractivity contribution in [2.45, 2.75) is 26.5 Å². The van der Waals surface area contributed by atoms with Crippen molar-refractivity contribution in [3.05, 3.63) is 46.4 Å². The molecule has 5 heteroatoms. The normalized spacial score (nSPS) is 23.7. The van der Waals surface area contributed by atoms with Gasteiger partial charge in [0.05, 0.1) is 5.69 Å². The lowest BCUT2D eigenvalue weighted by Gasteiger charge is -2.32. The summed E-state index contributed by atoms with van der Waals surface area (Å²) in [7, 11) is 0. The van der Waals surface area contributed by atoms with E-state index in [4.69, 9.17) is 21.1 Å². The fraction of sp³-hybridized carbons (Fsp3) is 0.267. The van der Waals surface area contributed by atoms with Crippen LogP contribution in [0.4, 0.5) is 5.69 Å². The van der Waals surface area contributed by atoms with Gasteiger partial charge in [-0.15, -0.1) is 0 Å². The number of Topliss-reactive ketones (excluding diaryl/α,β-unsaturated/α-hetero) is 1. The highest BCUT2D eigenvalue weighted by molar-refractivity contribution is 6.31. The van der Waals surface area contributed by atoms with E-state index >= 15 is 0 Å². The third kappa shape index (κ3) is 1.88. The fourth-order valence-electron chi connectivity index (χ4n) is 2.72. The zero-order valence-corrected chi connectivity index (χ0v) is 12.2. The van der Waals surface area contributed by atoms with E-state index in [0.717, 1.165) is 5.69 Å². The Hall–Kier alpha value is -1.94. The van der Waals surface area contributed by atoms with Gasteiger partial charge in [0.15, 0.2) is 5.78 Å². The molecule has 1 spiro atoms. The number of allylic oxidation sites excluding steroid dienone is 2. The second kappa shape index (κ2) is 4.28. The minimum absolute atomic E-state index is 0.0994. The van der Waals surface area contributed by atoms with Crippen LogP contribution in [-0.2, 0) is 9.53 Å². The summed E-state index contributed by atoms with van der Waals surface area (Å²) in [6.07, 6.45) is 1.77. The van der Waals surface area contributed by atoms with Gasteiger partial charge in [-0.25, -0.2) is 0 Å². The van der Waals surface area contributed by atoms with Gasteiger partial charge in [-0.2, -0.15) is 0 Å². The monoisotopic (exact) mass is 291 g/mol. The SMILES string of the molecule is CC(=O)C1=C(C)OC(C)=C[C@@]12Nc1cc(Cl)ccc1O2. The lowest BCUT2D eigenvalue weighted by atomic mass is 9.95. The average molecular weight is 292 g/mol. The van der Waals surface area contributed by atoms with Crippen LogP contribution >= 0.6 is 11.6 Å². The number of benzene rings is 1. The largest absolute Gasteiger partial charge is 0.466 e. The van der Waals surface area contributed by atoms with Crippen LogP contribution in [0.3, 0.4) is 0 Å². The highest BCUT2D eigenvalue weighted by atomic mass is 35.5. The van der Waals surface area contributed by atoms with E-state index in [0.29, 0.717) is 27.9 Å². The van der Waals surface area contributed by atoms with Crippen molar-refractivity contribution < 1.29 is 14.3 Å². The van der Waals surface area contributed by atoms with Crippen molar-refractivity contribution in [2.24, 2.45) is 0 Å². The van der Waals surface area contributed by atoms with Gasteiger partial charge in [-0.05, 0) is 39.0 Å². The molecule has 3 rings (SSSR count). The molecule has 1 aromatic rings. The van der Waals surface area contributed by atoms with E-state index in [1.807, 2.05) is 6.92 Å². The van der Waals surface area contributed by atoms with E-state index < -0.39 is 5.72 Å². The van der Waals surface area contributed by atoms with Gasteiger partial charge >= 0.3 is 0 Å². The van der Waals surface area contributed by atoms with Crippen molar-refractivity contribution in [1.82, 2.24) is 0 Å². The van der Waals surface area contributed by atoms with Crippen LogP contribution in [-0.4, -0.2) is 11.5 Å². The number of fused-ring (bicyclic) bond motifs is 1. The first-order chi connectivity index (χ1) is 9.41. The predicted molar refractivity (Wildman–Crippen MR) is 76.7 cm³/mol. The van der Waals surface area contributed by atoms with Gasteiger partial charge in [-0.1, -0.05) is 11.6 Å². The lowest BCUT2D eigenvalue weighted by Crippen LogP contribution is -2.45. The maximum Gasteiger partial charge on any atom is 0.237 e. The lowest BCUT2D eigenvalue weighted by molar-refractivity contribution is -0.115. The average Bonchev–Trinajstić information content (AvgIpc) is 2.63. The van der Waals surface area contributed by atoms with E-state index in [1.54, 1.807) is 31.2 Å². The molecule has 0 unspecified atom stereocenters. The number of carbonyl (C=O) groups excluding carboxylic acids is 1. The standard InChI is InChI=1S/C15H14ClNO3/c1-8-7-15(14(9(2)18)10(3)19-8)17-12-6-11(16)4-5-13(12)20-15/h4-7,17H,1-3H3/t15-/m0/s1. The fourth-order valence-corrected chi connectivity index (χ4v) is 2.89. The summed E-state index contributed by atoms with van der Waals surface area (Å²) in [6, 6.07) is 5.31. The Morgan fingerprint density at radius 1 is 1.35 bits per heavy atom. The van der Waals surface area contributed by atoms with Crippen molar-refractivity contribution in [3.63, 3.8) is 0 Å². The van der Waals surface area contributed by atoms with E-state index in [9.17, 15) is 4.79 Å². The minimum Gasteiger partial charge on any atom is -0.466 e. The van der Waals surface area contributed by atoms with Crippen molar-refractivity contribution in [3.8, 4) is 5.75 Å². The van der Waals surface area contributed by atoms with Gasteiger partial charge in [0.1, 0.15) is 22.8 Å². The van der Waals surface area contributed by atoms with E-state index in [1.165, 1.54) is 6.92 Å². The molecule has 0 aromatic heterocycles. The Balaban J connectivity index is 2.13. The van der Waals surface area contributed by atoms with Crippen LogP contribution in [0.25, 0.3) is 0 Å². The molecule has 20 heavy (non-hydrogen) atoms. The highest BCUT2D eigenvalue weighted by Gasteiger charge is 2.46. The first kappa shape index (κ1) is 13.1. The van der Waals surface area contributed by atoms with Crippen LogP contribution in [0.1, 0.15) is 20.8 Å². The van der Waals surface area contributed by atoms with Gasteiger partial charge in [0.2, 0.25) is 5.72 Å². The predicted octanol–water partition coefficient (Wildman–Crippen LogP) is 3.64. The maximum absolute atomic E-state index is 12.0. The summed E-state index contributed by atoms with van der Waals surface area (Å²) >= 11 is 5.99. The third-order valence-corrected chi connectivity index (χ3v) is 3.56. The van der Waals surface area contributed by atoms with Gasteiger partial charge in [0.25, 0.3) is 0 Å². The summed E-state index contributed by atoms with van der Waals surface area (Å²) in [5.41, 5.74) is 0.219. The number of nitrogens with one attached hydrogen (secondary N) is 1. The van der Waals surface area contributed by atoms with Crippen molar-refractivity contribution >= 4 is 23.1 Å². The Kier molecular flexibility index (Phi) is 2.80. The first-order valence-electron chi connectivity index (χ1n) is 6.27. The summed E-state index contributed by atoms with van der Waals surface area (Å²) in [5, 5.41) is 3.85. The molecule has 0 aliphatic carbocycles. The minimum atomic E-state index is -1.01. The van der Waals surface area contributed by atoms with Crippen LogP contribution < -0.4 is 10.1 Å². The van der Waals surface area contributed by atoms with Crippen LogP contribution in [0, 0.1) is 0 Å². The Morgan fingerprint density at radius 2 is 2.10 bits per heavy atom. The van der Waals surface area contributed by atoms with Crippen LogP contribution in [0.15, 0.2) is 41.4 Å². The third-order valence-electron chi connectivity index (χ3n) is 3.33. The number of anilines is 1. The molecule has 4 nitrogen and oxygen atoms in total. The summed E-state index contributed by atoms with van der Waals surface area (Å²) in [4.78, 5) is 12.0. The topological polar surface area (TPSA) is 47.6 Å². The molecule has 0 saturated carbocycles. The molecule has 2 heterocycles. The number of halogens is 1. The number of ether oxygens (including phenoxy) is 2. The zero-order chi connectivity index (χ0) is 14.5. The second-order valence-corrected chi connectivity index (χ2v) is 5.38. The second-order valence-electron chi connectivity index (χ2n) is 4.95. The molecule has 2 aliphatic heterocycles. The van der Waals surface area contributed by atoms with Crippen molar-refractivity contribution in [1.29, 1.82) is 0 Å². The molecular weight excluding hydrogens is 278 g/mol. The molecule has 0 saturated heterocycles. The summed E-state index contributed by atoms with van der Waals surface area (Å²) in [6.45, 7) is 5.08. The summed E-state index contributed by atoms with van der Waals surface area (Å²) in [5.74, 6) is 1.78. The Morgan fingerprint density at radius 3 is 2.80 bits per heavy atom. The molecule has 0 bridgehead atoms. The number of ketones is 1. The molecule has 104 valence electrons. The van der Waals surface area contributed by atoms with E-state index in [-0.39, 0.29) is 5.78 Å². The molecule has 1 atom stereocenters. The molecular formula is C15H14ClNO3. The van der Waals surface area contributed by atoms with Gasteiger partial charge < -0.3 is 14.8 Å². The number of hydrogen-bond acceptors (Lipinski definition) is 4. The smallest absolute Gasteiger partial charge is 0.237 e. The number of hydrogen-bond donors (Lipinski definition) is 1. The van der Waals surface area contributed by atoms with Gasteiger partial charge in [0, 0.05) is 11.1 Å². The quantitative estimate of drug-likeness (QED) is 0.858. The summed E-state index contributed by atoms with van der Waals surface area (Å²) < 4.78 is 11.5. The van der Waals surface area contributed by atoms with Crippen LogP contribution in [0.5, 0.6) is 5.75 Å². The first-order valence-corrected chi connectivity index (χ1v) is 6.65. The van der Waals surface area contributed by atoms with Crippen LogP contribution in [0.2, 0.25) is 5.02 Å². The Bertz CT molecular complexity index is 678. The molecule has 2 aliphatic rings. The zero-order valence-electron chi connectivity index (χ0n) is 11.4.